The summed E-state index contributed by atoms with van der Waals surface area (Å²) in [5, 5.41) is 2.84. The van der Waals surface area contributed by atoms with Crippen molar-refractivity contribution in [2.45, 2.75) is 59.3 Å². The van der Waals surface area contributed by atoms with Gasteiger partial charge in [0.05, 0.1) is 5.41 Å². The third kappa shape index (κ3) is 4.10. The zero-order valence-electron chi connectivity index (χ0n) is 17.6. The second kappa shape index (κ2) is 7.26. The maximum Gasteiger partial charge on any atom is 0.312 e. The topological polar surface area (TPSA) is 72.5 Å². The fourth-order valence-corrected chi connectivity index (χ4v) is 5.79. The van der Waals surface area contributed by atoms with Gasteiger partial charge < -0.3 is 10.1 Å². The number of carbonyl (C=O) groups excluding carboxylic acids is 3. The van der Waals surface area contributed by atoms with Gasteiger partial charge in [-0.1, -0.05) is 20.8 Å². The summed E-state index contributed by atoms with van der Waals surface area (Å²) in [7, 11) is 0. The van der Waals surface area contributed by atoms with Crippen LogP contribution in [-0.4, -0.2) is 24.3 Å². The number of Topliss-reactive ketones (excluding diaryl/α,β-unsaturated/α-hetero) is 1. The highest BCUT2D eigenvalue weighted by molar-refractivity contribution is 5.99. The molecule has 0 unspecified atom stereocenters. The molecule has 29 heavy (non-hydrogen) atoms. The molecule has 0 saturated heterocycles. The zero-order chi connectivity index (χ0) is 20.8. The number of rotatable bonds is 5. The Bertz CT molecular complexity index is 783. The molecule has 1 aromatic rings. The molecule has 0 spiro atoms. The molecule has 0 aliphatic heterocycles. The van der Waals surface area contributed by atoms with Crippen LogP contribution in [-0.2, 0) is 14.3 Å². The largest absolute Gasteiger partial charge is 0.457 e. The molecule has 4 aliphatic rings. The summed E-state index contributed by atoms with van der Waals surface area (Å²) < 4.78 is 5.52. The van der Waals surface area contributed by atoms with Gasteiger partial charge >= 0.3 is 5.97 Å². The first-order chi connectivity index (χ1) is 13.6. The predicted molar refractivity (Wildman–Crippen MR) is 110 cm³/mol. The monoisotopic (exact) mass is 397 g/mol. The Morgan fingerprint density at radius 3 is 1.97 bits per heavy atom. The molecule has 4 aliphatic carbocycles. The van der Waals surface area contributed by atoms with Crippen molar-refractivity contribution in [2.75, 3.05) is 11.9 Å². The summed E-state index contributed by atoms with van der Waals surface area (Å²) in [6, 6.07) is 6.74. The van der Waals surface area contributed by atoms with E-state index in [1.54, 1.807) is 24.3 Å². The molecule has 1 amide bonds. The van der Waals surface area contributed by atoms with Crippen molar-refractivity contribution in [2.24, 2.45) is 28.6 Å². The van der Waals surface area contributed by atoms with Gasteiger partial charge in [0.25, 0.3) is 0 Å². The molecule has 5 nitrogen and oxygen atoms in total. The number of amides is 1. The van der Waals surface area contributed by atoms with E-state index in [0.717, 1.165) is 19.3 Å². The standard InChI is InChI=1S/C24H31NO4/c1-23(2,3)21(27)25-19-6-4-18(5-7-19)20(26)14-29-22(28)24-11-15-8-16(12-24)10-17(9-15)13-24/h4-7,15-17H,8-14H2,1-3H3,(H,25,27). The lowest BCUT2D eigenvalue weighted by atomic mass is 9.49. The Hall–Kier alpha value is -2.17. The van der Waals surface area contributed by atoms with Crippen molar-refractivity contribution in [3.8, 4) is 0 Å². The van der Waals surface area contributed by atoms with Gasteiger partial charge in [-0.15, -0.1) is 0 Å². The summed E-state index contributed by atoms with van der Waals surface area (Å²) in [5.74, 6) is 1.54. The molecular weight excluding hydrogens is 366 g/mol. The molecule has 4 fully saturated rings. The Balaban J connectivity index is 1.33. The smallest absolute Gasteiger partial charge is 0.312 e. The third-order valence-electron chi connectivity index (χ3n) is 6.95. The second-order valence-corrected chi connectivity index (χ2v) is 10.5. The van der Waals surface area contributed by atoms with E-state index >= 15 is 0 Å². The molecule has 156 valence electrons. The number of carbonyl (C=O) groups is 3. The molecule has 1 N–H and O–H groups in total. The van der Waals surface area contributed by atoms with Crippen LogP contribution in [0.4, 0.5) is 5.69 Å². The summed E-state index contributed by atoms with van der Waals surface area (Å²) >= 11 is 0. The fourth-order valence-electron chi connectivity index (χ4n) is 5.79. The first kappa shape index (κ1) is 20.1. The Morgan fingerprint density at radius 2 is 1.48 bits per heavy atom. The fraction of sp³-hybridized carbons (Fsp3) is 0.625. The van der Waals surface area contributed by atoms with Gasteiger partial charge in [0.2, 0.25) is 5.91 Å². The number of esters is 1. The van der Waals surface area contributed by atoms with Crippen molar-refractivity contribution in [1.29, 1.82) is 0 Å². The number of ketones is 1. The van der Waals surface area contributed by atoms with E-state index in [2.05, 4.69) is 5.32 Å². The molecular formula is C24H31NO4. The summed E-state index contributed by atoms with van der Waals surface area (Å²) in [4.78, 5) is 37.4. The predicted octanol–water partition coefficient (Wildman–Crippen LogP) is 4.61. The molecule has 5 heteroatoms. The van der Waals surface area contributed by atoms with E-state index in [0.29, 0.717) is 29.0 Å². The van der Waals surface area contributed by atoms with Crippen molar-refractivity contribution in [1.82, 2.24) is 0 Å². The van der Waals surface area contributed by atoms with Crippen molar-refractivity contribution in [3.63, 3.8) is 0 Å². The van der Waals surface area contributed by atoms with Crippen LogP contribution in [0.1, 0.15) is 69.7 Å². The van der Waals surface area contributed by atoms with Crippen molar-refractivity contribution < 1.29 is 19.1 Å². The molecule has 4 saturated carbocycles. The maximum absolute atomic E-state index is 12.9. The van der Waals surface area contributed by atoms with Crippen LogP contribution in [0.3, 0.4) is 0 Å². The minimum absolute atomic E-state index is 0.0823. The van der Waals surface area contributed by atoms with E-state index in [1.165, 1.54) is 19.3 Å². The normalized spacial score (nSPS) is 30.1. The van der Waals surface area contributed by atoms with Crippen LogP contribution in [0.5, 0.6) is 0 Å². The Morgan fingerprint density at radius 1 is 0.966 bits per heavy atom. The van der Waals surface area contributed by atoms with Gasteiger partial charge in [-0.2, -0.15) is 0 Å². The highest BCUT2D eigenvalue weighted by atomic mass is 16.5. The summed E-state index contributed by atoms with van der Waals surface area (Å²) in [5.41, 5.74) is 0.305. The summed E-state index contributed by atoms with van der Waals surface area (Å²) in [6.45, 7) is 5.32. The molecule has 1 aromatic carbocycles. The van der Waals surface area contributed by atoms with Crippen LogP contribution < -0.4 is 5.32 Å². The third-order valence-corrected chi connectivity index (χ3v) is 6.95. The zero-order valence-corrected chi connectivity index (χ0v) is 17.6. The van der Waals surface area contributed by atoms with Gasteiger partial charge in [-0.25, -0.2) is 0 Å². The summed E-state index contributed by atoms with van der Waals surface area (Å²) in [6.07, 6.45) is 6.62. The van der Waals surface area contributed by atoms with Gasteiger partial charge in [0.1, 0.15) is 0 Å². The Labute approximate surface area is 172 Å². The SMILES string of the molecule is CC(C)(C)C(=O)Nc1ccc(C(=O)COC(=O)C23CC4CC(CC(C4)C2)C3)cc1. The maximum atomic E-state index is 12.9. The number of nitrogens with one attached hydrogen (secondary N) is 1. The molecule has 0 radical (unpaired) electrons. The van der Waals surface area contributed by atoms with Crippen LogP contribution in [0.25, 0.3) is 0 Å². The van der Waals surface area contributed by atoms with Crippen LogP contribution in [0.15, 0.2) is 24.3 Å². The number of hydrogen-bond donors (Lipinski definition) is 1. The quantitative estimate of drug-likeness (QED) is 0.581. The van der Waals surface area contributed by atoms with Crippen LogP contribution in [0, 0.1) is 28.6 Å². The van der Waals surface area contributed by atoms with E-state index in [4.69, 9.17) is 4.74 Å². The molecule has 5 rings (SSSR count). The lowest BCUT2D eigenvalue weighted by Gasteiger charge is -2.55. The average Bonchev–Trinajstić information content (AvgIpc) is 2.64. The van der Waals surface area contributed by atoms with E-state index < -0.39 is 5.41 Å². The highest BCUT2D eigenvalue weighted by Crippen LogP contribution is 2.60. The van der Waals surface area contributed by atoms with Crippen molar-refractivity contribution in [3.05, 3.63) is 29.8 Å². The van der Waals surface area contributed by atoms with Crippen LogP contribution in [0.2, 0.25) is 0 Å². The lowest BCUT2D eigenvalue weighted by Crippen LogP contribution is -2.50. The van der Waals surface area contributed by atoms with Gasteiger partial charge in [-0.05, 0) is 80.5 Å². The average molecular weight is 398 g/mol. The molecule has 4 bridgehead atoms. The van der Waals surface area contributed by atoms with E-state index in [-0.39, 0.29) is 29.7 Å². The van der Waals surface area contributed by atoms with Gasteiger partial charge in [-0.3, -0.25) is 14.4 Å². The molecule has 0 atom stereocenters. The minimum atomic E-state index is -0.486. The number of benzene rings is 1. The van der Waals surface area contributed by atoms with E-state index in [9.17, 15) is 14.4 Å². The van der Waals surface area contributed by atoms with Crippen molar-refractivity contribution >= 4 is 23.3 Å². The number of ether oxygens (including phenoxy) is 1. The lowest BCUT2D eigenvalue weighted by molar-refractivity contribution is -0.170. The van der Waals surface area contributed by atoms with E-state index in [1.807, 2.05) is 20.8 Å². The Kier molecular flexibility index (Phi) is 5.04. The first-order valence-corrected chi connectivity index (χ1v) is 10.8. The minimum Gasteiger partial charge on any atom is -0.457 e. The number of anilines is 1. The van der Waals surface area contributed by atoms with Gasteiger partial charge in [0, 0.05) is 16.7 Å². The second-order valence-electron chi connectivity index (χ2n) is 10.5. The number of hydrogen-bond acceptors (Lipinski definition) is 4. The molecule has 0 aromatic heterocycles. The molecule has 0 heterocycles. The van der Waals surface area contributed by atoms with Crippen LogP contribution >= 0.6 is 0 Å². The first-order valence-electron chi connectivity index (χ1n) is 10.8. The highest BCUT2D eigenvalue weighted by Gasteiger charge is 2.55. The van der Waals surface area contributed by atoms with Gasteiger partial charge in [0.15, 0.2) is 12.4 Å².